The number of fused-ring (bicyclic) bond motifs is 1. The minimum atomic E-state index is -2.07. The molecule has 32 heavy (non-hydrogen) atoms. The van der Waals surface area contributed by atoms with Crippen molar-refractivity contribution in [1.29, 1.82) is 0 Å². The number of carbonyl (C=O) groups excluding carboxylic acids is 1. The summed E-state index contributed by atoms with van der Waals surface area (Å²) in [6.45, 7) is 19.4. The van der Waals surface area contributed by atoms with Crippen molar-refractivity contribution >= 4 is 47.8 Å². The first-order chi connectivity index (χ1) is 14.5. The lowest BCUT2D eigenvalue weighted by molar-refractivity contribution is 0.0522. The van der Waals surface area contributed by atoms with Gasteiger partial charge in [-0.3, -0.25) is 4.79 Å². The van der Waals surface area contributed by atoms with E-state index in [0.29, 0.717) is 21.1 Å². The van der Waals surface area contributed by atoms with Crippen molar-refractivity contribution in [3.05, 3.63) is 43.5 Å². The van der Waals surface area contributed by atoms with Crippen molar-refractivity contribution in [2.45, 2.75) is 72.6 Å². The van der Waals surface area contributed by atoms with Crippen molar-refractivity contribution in [3.63, 3.8) is 0 Å². The number of nitrogens with zero attached hydrogens (tertiary/aromatic N) is 1. The number of pyridine rings is 1. The summed E-state index contributed by atoms with van der Waals surface area (Å²) in [6.07, 6.45) is 1.51. The zero-order chi connectivity index (χ0) is 24.6. The predicted octanol–water partition coefficient (Wildman–Crippen LogP) is 6.53. The Balaban J connectivity index is 2.78. The van der Waals surface area contributed by atoms with Gasteiger partial charge in [0, 0.05) is 15.2 Å². The fraction of sp³-hybridized carbons (Fsp3) is 0.583. The third kappa shape index (κ3) is 5.62. The molecule has 0 radical (unpaired) electrons. The molecule has 0 amide bonds. The van der Waals surface area contributed by atoms with Crippen LogP contribution in [0.5, 0.6) is 0 Å². The van der Waals surface area contributed by atoms with E-state index in [1.165, 1.54) is 18.3 Å². The largest absolute Gasteiger partial charge is 0.462 e. The summed E-state index contributed by atoms with van der Waals surface area (Å²) < 4.78 is 28.4. The van der Waals surface area contributed by atoms with Crippen LogP contribution in [0.15, 0.2) is 23.1 Å². The highest BCUT2D eigenvalue weighted by Gasteiger charge is 2.39. The Morgan fingerprint density at radius 3 is 2.28 bits per heavy atom. The number of rotatable bonds is 6. The Kier molecular flexibility index (Phi) is 8.04. The van der Waals surface area contributed by atoms with Crippen LogP contribution in [0.4, 0.5) is 4.39 Å². The van der Waals surface area contributed by atoms with E-state index < -0.39 is 25.5 Å². The molecule has 0 aliphatic heterocycles. The Morgan fingerprint density at radius 2 is 1.78 bits per heavy atom. The van der Waals surface area contributed by atoms with E-state index in [0.717, 1.165) is 0 Å². The van der Waals surface area contributed by atoms with Gasteiger partial charge >= 0.3 is 5.97 Å². The number of ether oxygens (including phenoxy) is 1. The summed E-state index contributed by atoms with van der Waals surface area (Å²) in [5, 5.41) is 0.322. The van der Waals surface area contributed by atoms with Gasteiger partial charge in [-0.25, -0.2) is 9.18 Å². The zero-order valence-corrected chi connectivity index (χ0v) is 23.7. The molecule has 0 spiro atoms. The summed E-state index contributed by atoms with van der Waals surface area (Å²) in [5.74, 6) is -1.08. The third-order valence-electron chi connectivity index (χ3n) is 6.31. The maximum atomic E-state index is 14.6. The van der Waals surface area contributed by atoms with E-state index in [1.54, 1.807) is 6.92 Å². The third-order valence-corrected chi connectivity index (χ3v) is 11.6. The molecule has 2 rings (SSSR count). The molecule has 1 aromatic carbocycles. The van der Waals surface area contributed by atoms with Gasteiger partial charge in [0.1, 0.15) is 11.4 Å². The van der Waals surface area contributed by atoms with Gasteiger partial charge in [0.25, 0.3) is 0 Å². The predicted molar refractivity (Wildman–Crippen MR) is 138 cm³/mol. The molecule has 0 saturated heterocycles. The smallest absolute Gasteiger partial charge is 0.343 e. The average Bonchev–Trinajstić information content (AvgIpc) is 2.63. The number of benzene rings is 1. The van der Waals surface area contributed by atoms with Gasteiger partial charge in [0.2, 0.25) is 5.43 Å². The van der Waals surface area contributed by atoms with Crippen LogP contribution in [-0.2, 0) is 9.16 Å². The highest BCUT2D eigenvalue weighted by Crippen LogP contribution is 2.40. The number of hydrogen-bond acceptors (Lipinski definition) is 4. The lowest BCUT2D eigenvalue weighted by Crippen LogP contribution is -2.43. The summed E-state index contributed by atoms with van der Waals surface area (Å²) >= 11 is 1.86. The molecular formula is C24H35FINO4Si. The van der Waals surface area contributed by atoms with Crippen LogP contribution in [0.25, 0.3) is 10.9 Å². The number of carbonyl (C=O) groups is 1. The second kappa shape index (κ2) is 9.54. The first-order valence-electron chi connectivity index (χ1n) is 10.9. The lowest BCUT2D eigenvalue weighted by atomic mass is 9.86. The van der Waals surface area contributed by atoms with Crippen molar-refractivity contribution in [1.82, 2.24) is 4.57 Å². The van der Waals surface area contributed by atoms with Crippen LogP contribution in [0.2, 0.25) is 18.1 Å². The van der Waals surface area contributed by atoms with Gasteiger partial charge in [0.15, 0.2) is 8.32 Å². The molecule has 1 atom stereocenters. The molecule has 5 nitrogen and oxygen atoms in total. The molecular weight excluding hydrogens is 540 g/mol. The van der Waals surface area contributed by atoms with Crippen LogP contribution in [-0.4, -0.2) is 32.1 Å². The maximum absolute atomic E-state index is 14.6. The van der Waals surface area contributed by atoms with Crippen molar-refractivity contribution < 1.29 is 18.3 Å². The van der Waals surface area contributed by atoms with Gasteiger partial charge in [-0.05, 0) is 65.2 Å². The van der Waals surface area contributed by atoms with E-state index >= 15 is 0 Å². The number of halogens is 2. The lowest BCUT2D eigenvalue weighted by Gasteiger charge is -2.40. The highest BCUT2D eigenvalue weighted by atomic mass is 127. The van der Waals surface area contributed by atoms with Gasteiger partial charge in [-0.2, -0.15) is 0 Å². The summed E-state index contributed by atoms with van der Waals surface area (Å²) in [4.78, 5) is 25.7. The highest BCUT2D eigenvalue weighted by molar-refractivity contribution is 14.1. The number of hydrogen-bond donors (Lipinski definition) is 0. The van der Waals surface area contributed by atoms with E-state index in [9.17, 15) is 14.0 Å². The molecule has 0 fully saturated rings. The van der Waals surface area contributed by atoms with Crippen LogP contribution < -0.4 is 5.43 Å². The first-order valence-corrected chi connectivity index (χ1v) is 14.8. The van der Waals surface area contributed by atoms with Gasteiger partial charge in [-0.1, -0.05) is 41.5 Å². The number of esters is 1. The topological polar surface area (TPSA) is 57.5 Å². The first kappa shape index (κ1) is 27.0. The molecule has 2 aromatic rings. The second-order valence-corrected chi connectivity index (χ2v) is 16.7. The van der Waals surface area contributed by atoms with Crippen LogP contribution in [0.1, 0.15) is 64.9 Å². The van der Waals surface area contributed by atoms with Crippen LogP contribution >= 0.6 is 22.6 Å². The molecule has 1 heterocycles. The summed E-state index contributed by atoms with van der Waals surface area (Å²) in [6, 6.07) is 2.63. The fourth-order valence-corrected chi connectivity index (χ4v) is 4.68. The normalized spacial score (nSPS) is 14.0. The Hall–Kier alpha value is -1.26. The molecule has 0 aliphatic rings. The van der Waals surface area contributed by atoms with Crippen molar-refractivity contribution in [2.24, 2.45) is 5.41 Å². The van der Waals surface area contributed by atoms with E-state index in [2.05, 4.69) is 54.6 Å². The molecule has 178 valence electrons. The summed E-state index contributed by atoms with van der Waals surface area (Å²) in [7, 11) is -2.07. The molecule has 1 unspecified atom stereocenters. The van der Waals surface area contributed by atoms with E-state index in [-0.39, 0.29) is 28.7 Å². The zero-order valence-electron chi connectivity index (χ0n) is 20.6. The second-order valence-electron chi connectivity index (χ2n) is 10.7. The van der Waals surface area contributed by atoms with Gasteiger partial charge in [-0.15, -0.1) is 0 Å². The van der Waals surface area contributed by atoms with Crippen LogP contribution in [0.3, 0.4) is 0 Å². The quantitative estimate of drug-likeness (QED) is 0.223. The van der Waals surface area contributed by atoms with Gasteiger partial charge < -0.3 is 13.7 Å². The SMILES string of the molecule is CCOC(=O)c1cn(C(CO[Si](C)(C)C(C)(C)C)C(C)(C)C)c2cc(F)c(I)cc2c1=O. The van der Waals surface area contributed by atoms with E-state index in [4.69, 9.17) is 9.16 Å². The molecule has 0 N–H and O–H groups in total. The van der Waals surface area contributed by atoms with Crippen LogP contribution in [0, 0.1) is 14.8 Å². The minimum Gasteiger partial charge on any atom is -0.462 e. The molecule has 8 heteroatoms. The average molecular weight is 576 g/mol. The molecule has 0 aliphatic carbocycles. The molecule has 1 aromatic heterocycles. The number of aromatic nitrogens is 1. The van der Waals surface area contributed by atoms with Crippen molar-refractivity contribution in [2.75, 3.05) is 13.2 Å². The Bertz CT molecular complexity index is 1070. The summed E-state index contributed by atoms with van der Waals surface area (Å²) in [5.41, 5.74) is -0.357. The molecule has 0 bridgehead atoms. The standard InChI is InChI=1S/C24H35FINO4Si/c1-10-30-22(29)16-13-27(19-12-17(25)18(26)11-15(19)21(16)28)20(23(2,3)4)14-31-32(8,9)24(5,6)7/h11-13,20H,10,14H2,1-9H3. The van der Waals surface area contributed by atoms with Crippen molar-refractivity contribution in [3.8, 4) is 0 Å². The molecule has 0 saturated carbocycles. The Labute approximate surface area is 204 Å². The monoisotopic (exact) mass is 575 g/mol. The fourth-order valence-electron chi connectivity index (χ4n) is 3.21. The maximum Gasteiger partial charge on any atom is 0.343 e. The van der Waals surface area contributed by atoms with Gasteiger partial charge in [0.05, 0.1) is 24.8 Å². The Morgan fingerprint density at radius 1 is 1.19 bits per heavy atom. The minimum absolute atomic E-state index is 0.0271. The van der Waals surface area contributed by atoms with E-state index in [1.807, 2.05) is 27.2 Å².